The molecule has 0 saturated carbocycles. The fourth-order valence-corrected chi connectivity index (χ4v) is 1.78. The first kappa shape index (κ1) is 12.3. The molecule has 0 aliphatic heterocycles. The third kappa shape index (κ3) is 4.08. The van der Waals surface area contributed by atoms with Crippen molar-refractivity contribution in [3.05, 3.63) is 17.6 Å². The highest BCUT2D eigenvalue weighted by atomic mass is 32.2. The molecule has 0 aliphatic carbocycles. The first-order chi connectivity index (χ1) is 7.30. The lowest BCUT2D eigenvalue weighted by Gasteiger charge is -2.07. The average molecular weight is 225 g/mol. The molecular weight excluding hydrogens is 206 g/mol. The average Bonchev–Trinajstić information content (AvgIpc) is 2.26. The smallest absolute Gasteiger partial charge is 0.140 e. The zero-order chi connectivity index (χ0) is 11.1. The highest BCUT2D eigenvalue weighted by Crippen LogP contribution is 2.12. The highest BCUT2D eigenvalue weighted by molar-refractivity contribution is 7.98. The van der Waals surface area contributed by atoms with Crippen molar-refractivity contribution in [1.82, 2.24) is 9.97 Å². The number of aryl methyl sites for hydroxylation is 1. The Bertz CT molecular complexity index is 302. The lowest BCUT2D eigenvalue weighted by atomic mass is 10.3. The first-order valence-electron chi connectivity index (χ1n) is 5.48. The second-order valence-electron chi connectivity index (χ2n) is 3.18. The van der Waals surface area contributed by atoms with Crippen molar-refractivity contribution < 1.29 is 0 Å². The molecule has 0 amide bonds. The van der Waals surface area contributed by atoms with Crippen LogP contribution < -0.4 is 5.32 Å². The summed E-state index contributed by atoms with van der Waals surface area (Å²) in [7, 11) is 0. The number of nitrogens with zero attached hydrogens (tertiary/aromatic N) is 2. The third-order valence-corrected chi connectivity index (χ3v) is 2.85. The van der Waals surface area contributed by atoms with Gasteiger partial charge in [-0.05, 0) is 19.1 Å². The monoisotopic (exact) mass is 225 g/mol. The Morgan fingerprint density at radius 1 is 1.27 bits per heavy atom. The van der Waals surface area contributed by atoms with Crippen molar-refractivity contribution >= 4 is 17.6 Å². The van der Waals surface area contributed by atoms with Gasteiger partial charge in [0.1, 0.15) is 11.6 Å². The molecule has 15 heavy (non-hydrogen) atoms. The summed E-state index contributed by atoms with van der Waals surface area (Å²) >= 11 is 1.85. The van der Waals surface area contributed by atoms with Crippen molar-refractivity contribution in [1.29, 1.82) is 0 Å². The Labute approximate surface area is 96.1 Å². The van der Waals surface area contributed by atoms with Gasteiger partial charge in [-0.2, -0.15) is 11.8 Å². The molecule has 0 atom stereocenters. The van der Waals surface area contributed by atoms with E-state index in [2.05, 4.69) is 36.1 Å². The van der Waals surface area contributed by atoms with Crippen LogP contribution in [0.4, 0.5) is 5.82 Å². The van der Waals surface area contributed by atoms with Gasteiger partial charge in [0.2, 0.25) is 0 Å². The van der Waals surface area contributed by atoms with Crippen LogP contribution in [0.25, 0.3) is 0 Å². The van der Waals surface area contributed by atoms with Gasteiger partial charge in [-0.15, -0.1) is 0 Å². The Morgan fingerprint density at radius 3 is 2.67 bits per heavy atom. The number of aromatic nitrogens is 2. The van der Waals surface area contributed by atoms with Crippen LogP contribution in [0.15, 0.2) is 6.07 Å². The topological polar surface area (TPSA) is 37.8 Å². The molecule has 0 saturated heterocycles. The largest absolute Gasteiger partial charge is 0.370 e. The normalized spacial score (nSPS) is 10.3. The number of hydrogen-bond donors (Lipinski definition) is 1. The van der Waals surface area contributed by atoms with Gasteiger partial charge >= 0.3 is 0 Å². The van der Waals surface area contributed by atoms with Crippen LogP contribution in [0, 0.1) is 0 Å². The van der Waals surface area contributed by atoms with Crippen molar-refractivity contribution in [3.8, 4) is 0 Å². The molecule has 1 rings (SSSR count). The highest BCUT2D eigenvalue weighted by Gasteiger charge is 2.02. The molecule has 0 radical (unpaired) electrons. The summed E-state index contributed by atoms with van der Waals surface area (Å²) in [5.74, 6) is 3.91. The fourth-order valence-electron chi connectivity index (χ4n) is 1.26. The molecule has 4 heteroatoms. The van der Waals surface area contributed by atoms with E-state index in [-0.39, 0.29) is 0 Å². The summed E-state index contributed by atoms with van der Waals surface area (Å²) in [6, 6.07) is 2.03. The summed E-state index contributed by atoms with van der Waals surface area (Å²) in [6.07, 6.45) is 0.963. The summed E-state index contributed by atoms with van der Waals surface area (Å²) in [5.41, 5.74) is 1.12. The number of hydrogen-bond acceptors (Lipinski definition) is 4. The Morgan fingerprint density at radius 2 is 2.07 bits per heavy atom. The second kappa shape index (κ2) is 6.67. The van der Waals surface area contributed by atoms with E-state index in [0.29, 0.717) is 0 Å². The van der Waals surface area contributed by atoms with Crippen LogP contribution in [0.1, 0.15) is 32.3 Å². The number of rotatable bonds is 6. The van der Waals surface area contributed by atoms with Crippen molar-refractivity contribution in [2.75, 3.05) is 17.6 Å². The molecule has 1 heterocycles. The van der Waals surface area contributed by atoms with E-state index < -0.39 is 0 Å². The standard InChI is InChI=1S/C11H19N3S/c1-4-9-7-10(12-5-2)14-11(13-9)8-15-6-3/h7H,4-6,8H2,1-3H3,(H,12,13,14). The molecule has 0 unspecified atom stereocenters. The SMILES string of the molecule is CCNc1cc(CC)nc(CSCC)n1. The quantitative estimate of drug-likeness (QED) is 0.808. The van der Waals surface area contributed by atoms with Gasteiger partial charge in [0.05, 0.1) is 5.75 Å². The number of nitrogens with one attached hydrogen (secondary N) is 1. The molecule has 0 bridgehead atoms. The number of anilines is 1. The van der Waals surface area contributed by atoms with Crippen LogP contribution in [-0.2, 0) is 12.2 Å². The molecule has 84 valence electrons. The first-order valence-corrected chi connectivity index (χ1v) is 6.64. The van der Waals surface area contributed by atoms with Gasteiger partial charge in [-0.25, -0.2) is 9.97 Å². The van der Waals surface area contributed by atoms with Crippen LogP contribution in [0.3, 0.4) is 0 Å². The minimum absolute atomic E-state index is 0.903. The van der Waals surface area contributed by atoms with Gasteiger partial charge in [0, 0.05) is 18.3 Å². The molecule has 0 fully saturated rings. The molecule has 0 aromatic carbocycles. The van der Waals surface area contributed by atoms with Crippen LogP contribution in [0.2, 0.25) is 0 Å². The maximum atomic E-state index is 4.50. The fraction of sp³-hybridized carbons (Fsp3) is 0.636. The number of thioether (sulfide) groups is 1. The molecule has 0 aliphatic rings. The van der Waals surface area contributed by atoms with E-state index >= 15 is 0 Å². The van der Waals surface area contributed by atoms with Crippen molar-refractivity contribution in [2.24, 2.45) is 0 Å². The lowest BCUT2D eigenvalue weighted by molar-refractivity contribution is 0.936. The molecule has 1 aromatic heterocycles. The van der Waals surface area contributed by atoms with Crippen molar-refractivity contribution in [2.45, 2.75) is 32.9 Å². The minimum Gasteiger partial charge on any atom is -0.370 e. The second-order valence-corrected chi connectivity index (χ2v) is 4.46. The Hall–Kier alpha value is -0.770. The lowest BCUT2D eigenvalue weighted by Crippen LogP contribution is -2.05. The van der Waals surface area contributed by atoms with E-state index in [1.165, 1.54) is 0 Å². The maximum Gasteiger partial charge on any atom is 0.140 e. The summed E-state index contributed by atoms with van der Waals surface area (Å²) < 4.78 is 0. The predicted molar refractivity (Wildman–Crippen MR) is 67.4 cm³/mol. The van der Waals surface area contributed by atoms with E-state index in [1.54, 1.807) is 0 Å². The van der Waals surface area contributed by atoms with Gasteiger partial charge in [0.15, 0.2) is 0 Å². The Kier molecular flexibility index (Phi) is 5.47. The molecule has 1 N–H and O–H groups in total. The zero-order valence-corrected chi connectivity index (χ0v) is 10.5. The van der Waals surface area contributed by atoms with E-state index in [9.17, 15) is 0 Å². The molecular formula is C11H19N3S. The van der Waals surface area contributed by atoms with Crippen LogP contribution in [0.5, 0.6) is 0 Å². The van der Waals surface area contributed by atoms with E-state index in [1.807, 2.05) is 17.8 Å². The summed E-state index contributed by atoms with van der Waals surface area (Å²) in [5, 5.41) is 3.24. The van der Waals surface area contributed by atoms with Gasteiger partial charge in [0.25, 0.3) is 0 Å². The van der Waals surface area contributed by atoms with Crippen LogP contribution in [-0.4, -0.2) is 22.3 Å². The summed E-state index contributed by atoms with van der Waals surface area (Å²) in [4.78, 5) is 8.97. The van der Waals surface area contributed by atoms with E-state index in [4.69, 9.17) is 0 Å². The van der Waals surface area contributed by atoms with Gasteiger partial charge < -0.3 is 5.32 Å². The minimum atomic E-state index is 0.903. The summed E-state index contributed by atoms with van der Waals surface area (Å²) in [6.45, 7) is 7.25. The van der Waals surface area contributed by atoms with Gasteiger partial charge in [-0.1, -0.05) is 13.8 Å². The van der Waals surface area contributed by atoms with E-state index in [0.717, 1.165) is 41.8 Å². The molecule has 0 spiro atoms. The van der Waals surface area contributed by atoms with Gasteiger partial charge in [-0.3, -0.25) is 0 Å². The van der Waals surface area contributed by atoms with Crippen LogP contribution >= 0.6 is 11.8 Å². The Balaban J connectivity index is 2.79. The third-order valence-electron chi connectivity index (χ3n) is 1.98. The zero-order valence-electron chi connectivity index (χ0n) is 9.71. The maximum absolute atomic E-state index is 4.50. The molecule has 3 nitrogen and oxygen atoms in total. The predicted octanol–water partition coefficient (Wildman–Crippen LogP) is 2.72. The van der Waals surface area contributed by atoms with Crippen molar-refractivity contribution in [3.63, 3.8) is 0 Å². The molecule has 1 aromatic rings.